The number of hydrogen-bond donors (Lipinski definition) is 1. The number of methoxy groups -OCH3 is 2. The Balaban J connectivity index is 2.01. The minimum atomic E-state index is -0.100. The van der Waals surface area contributed by atoms with Crippen LogP contribution in [0.15, 0.2) is 40.9 Å². The van der Waals surface area contributed by atoms with Gasteiger partial charge in [0.1, 0.15) is 0 Å². The summed E-state index contributed by atoms with van der Waals surface area (Å²) in [5.41, 5.74) is 2.58. The van der Waals surface area contributed by atoms with E-state index in [1.165, 1.54) is 0 Å². The lowest BCUT2D eigenvalue weighted by Crippen LogP contribution is -2.23. The number of nitrogens with one attached hydrogen (secondary N) is 1. The fourth-order valence-corrected chi connectivity index (χ4v) is 3.51. The van der Waals surface area contributed by atoms with Crippen LogP contribution in [-0.2, 0) is 0 Å². The zero-order chi connectivity index (χ0) is 15.7. The second-order valence-corrected chi connectivity index (χ2v) is 5.87. The van der Waals surface area contributed by atoms with E-state index >= 15 is 0 Å². The molecule has 3 rings (SSSR count). The minimum Gasteiger partial charge on any atom is -0.493 e. The molecule has 0 amide bonds. The van der Waals surface area contributed by atoms with E-state index in [0.29, 0.717) is 17.9 Å². The van der Waals surface area contributed by atoms with E-state index in [2.05, 4.69) is 21.2 Å². The smallest absolute Gasteiger partial charge is 0.175 e. The Kier molecular flexibility index (Phi) is 4.07. The van der Waals surface area contributed by atoms with Gasteiger partial charge in [0.2, 0.25) is 0 Å². The van der Waals surface area contributed by atoms with Crippen molar-refractivity contribution in [1.82, 2.24) is 0 Å². The van der Waals surface area contributed by atoms with Gasteiger partial charge in [-0.3, -0.25) is 4.79 Å². The number of Topliss-reactive ketones (excluding diaryl/α,β-unsaturated/α-hetero) is 1. The number of fused-ring (bicyclic) bond motifs is 1. The maximum absolute atomic E-state index is 12.3. The quantitative estimate of drug-likeness (QED) is 0.889. The Morgan fingerprint density at radius 2 is 1.91 bits per heavy atom. The molecule has 22 heavy (non-hydrogen) atoms. The van der Waals surface area contributed by atoms with Crippen LogP contribution in [0.2, 0.25) is 0 Å². The number of anilines is 1. The molecule has 2 aromatic rings. The van der Waals surface area contributed by atoms with Crippen LogP contribution in [0, 0.1) is 0 Å². The molecule has 2 aromatic carbocycles. The highest BCUT2D eigenvalue weighted by Gasteiger charge is 2.28. The van der Waals surface area contributed by atoms with Gasteiger partial charge in [0.25, 0.3) is 0 Å². The van der Waals surface area contributed by atoms with Crippen molar-refractivity contribution in [3.8, 4) is 11.5 Å². The van der Waals surface area contributed by atoms with Gasteiger partial charge in [-0.15, -0.1) is 0 Å². The van der Waals surface area contributed by atoms with Crippen LogP contribution in [0.3, 0.4) is 0 Å². The predicted molar refractivity (Wildman–Crippen MR) is 89.0 cm³/mol. The fraction of sp³-hybridized carbons (Fsp3) is 0.235. The molecule has 0 saturated carbocycles. The van der Waals surface area contributed by atoms with Crippen LogP contribution in [0.5, 0.6) is 11.5 Å². The van der Waals surface area contributed by atoms with Gasteiger partial charge in [-0.25, -0.2) is 0 Å². The number of carbonyl (C=O) groups excluding carboxylic acids is 1. The summed E-state index contributed by atoms with van der Waals surface area (Å²) in [6, 6.07) is 11.3. The van der Waals surface area contributed by atoms with Crippen molar-refractivity contribution >= 4 is 27.4 Å². The molecule has 5 heteroatoms. The van der Waals surface area contributed by atoms with Crippen molar-refractivity contribution in [1.29, 1.82) is 0 Å². The molecule has 1 aliphatic heterocycles. The lowest BCUT2D eigenvalue weighted by atomic mass is 9.92. The van der Waals surface area contributed by atoms with E-state index in [1.807, 2.05) is 36.4 Å². The Bertz CT molecular complexity index is 730. The van der Waals surface area contributed by atoms with Crippen LogP contribution in [0.1, 0.15) is 28.4 Å². The van der Waals surface area contributed by atoms with Crippen molar-refractivity contribution in [3.05, 3.63) is 52.0 Å². The van der Waals surface area contributed by atoms with E-state index in [1.54, 1.807) is 14.2 Å². The number of rotatable bonds is 3. The first-order valence-corrected chi connectivity index (χ1v) is 7.74. The summed E-state index contributed by atoms with van der Waals surface area (Å²) in [4.78, 5) is 12.3. The maximum Gasteiger partial charge on any atom is 0.175 e. The first-order chi connectivity index (χ1) is 10.7. The second kappa shape index (κ2) is 6.01. The highest BCUT2D eigenvalue weighted by Crippen LogP contribution is 2.43. The maximum atomic E-state index is 12.3. The van der Waals surface area contributed by atoms with Gasteiger partial charge >= 0.3 is 0 Å². The van der Waals surface area contributed by atoms with E-state index in [0.717, 1.165) is 21.3 Å². The number of halogens is 1. The minimum absolute atomic E-state index is 0.100. The SMILES string of the molecule is COc1ccc(C2CC(=O)c3ccccc3N2)c(Br)c1OC. The second-order valence-electron chi connectivity index (χ2n) is 5.07. The topological polar surface area (TPSA) is 47.6 Å². The molecule has 0 fully saturated rings. The summed E-state index contributed by atoms with van der Waals surface area (Å²) in [5.74, 6) is 1.43. The largest absolute Gasteiger partial charge is 0.493 e. The molecule has 1 aliphatic rings. The monoisotopic (exact) mass is 361 g/mol. The van der Waals surface area contributed by atoms with E-state index in [4.69, 9.17) is 9.47 Å². The predicted octanol–water partition coefficient (Wildman–Crippen LogP) is 4.21. The Hall–Kier alpha value is -2.01. The molecule has 1 heterocycles. The van der Waals surface area contributed by atoms with Gasteiger partial charge in [-0.2, -0.15) is 0 Å². The molecule has 0 aliphatic carbocycles. The van der Waals surface area contributed by atoms with Gasteiger partial charge in [-0.05, 0) is 39.7 Å². The van der Waals surface area contributed by atoms with Crippen LogP contribution < -0.4 is 14.8 Å². The lowest BCUT2D eigenvalue weighted by Gasteiger charge is -2.27. The third kappa shape index (κ3) is 2.46. The Morgan fingerprint density at radius 3 is 2.64 bits per heavy atom. The average molecular weight is 362 g/mol. The first kappa shape index (κ1) is 14.9. The summed E-state index contributed by atoms with van der Waals surface area (Å²) in [6.07, 6.45) is 0.408. The Labute approximate surface area is 137 Å². The lowest BCUT2D eigenvalue weighted by molar-refractivity contribution is 0.0972. The van der Waals surface area contributed by atoms with Gasteiger partial charge < -0.3 is 14.8 Å². The number of carbonyl (C=O) groups is 1. The molecular weight excluding hydrogens is 346 g/mol. The Morgan fingerprint density at radius 1 is 1.14 bits per heavy atom. The van der Waals surface area contributed by atoms with Crippen molar-refractivity contribution in [2.45, 2.75) is 12.5 Å². The highest BCUT2D eigenvalue weighted by atomic mass is 79.9. The first-order valence-electron chi connectivity index (χ1n) is 6.95. The summed E-state index contributed by atoms with van der Waals surface area (Å²) in [7, 11) is 3.20. The third-order valence-corrected chi connectivity index (χ3v) is 4.65. The number of ketones is 1. The molecule has 1 N–H and O–H groups in total. The van der Waals surface area contributed by atoms with Crippen LogP contribution in [-0.4, -0.2) is 20.0 Å². The molecule has 4 nitrogen and oxygen atoms in total. The van der Waals surface area contributed by atoms with Crippen LogP contribution in [0.4, 0.5) is 5.69 Å². The standard InChI is InChI=1S/C17H16BrNO3/c1-21-15-8-7-11(16(18)17(15)22-2)13-9-14(20)10-5-3-4-6-12(10)19-13/h3-8,13,19H,9H2,1-2H3. The fourth-order valence-electron chi connectivity index (χ4n) is 2.75. The molecule has 0 radical (unpaired) electrons. The molecule has 1 unspecified atom stereocenters. The van der Waals surface area contributed by atoms with Gasteiger partial charge in [0.15, 0.2) is 17.3 Å². The van der Waals surface area contributed by atoms with Crippen LogP contribution >= 0.6 is 15.9 Å². The van der Waals surface area contributed by atoms with Crippen molar-refractivity contribution < 1.29 is 14.3 Å². The zero-order valence-electron chi connectivity index (χ0n) is 12.4. The summed E-state index contributed by atoms with van der Waals surface area (Å²) < 4.78 is 11.5. The van der Waals surface area contributed by atoms with Gasteiger partial charge in [-0.1, -0.05) is 18.2 Å². The molecule has 0 spiro atoms. The molecule has 1 atom stereocenters. The normalized spacial score (nSPS) is 16.7. The molecular formula is C17H16BrNO3. The molecule has 0 aromatic heterocycles. The van der Waals surface area contributed by atoms with E-state index < -0.39 is 0 Å². The van der Waals surface area contributed by atoms with Gasteiger partial charge in [0.05, 0.1) is 24.7 Å². The van der Waals surface area contributed by atoms with Crippen molar-refractivity contribution in [2.75, 3.05) is 19.5 Å². The van der Waals surface area contributed by atoms with E-state index in [9.17, 15) is 4.79 Å². The average Bonchev–Trinajstić information content (AvgIpc) is 2.54. The summed E-state index contributed by atoms with van der Waals surface area (Å²) >= 11 is 3.57. The van der Waals surface area contributed by atoms with Gasteiger partial charge in [0, 0.05) is 17.7 Å². The number of ether oxygens (including phenoxy) is 2. The number of hydrogen-bond acceptors (Lipinski definition) is 4. The van der Waals surface area contributed by atoms with E-state index in [-0.39, 0.29) is 11.8 Å². The number of para-hydroxylation sites is 1. The highest BCUT2D eigenvalue weighted by molar-refractivity contribution is 9.10. The van der Waals surface area contributed by atoms with Crippen molar-refractivity contribution in [2.24, 2.45) is 0 Å². The third-order valence-electron chi connectivity index (χ3n) is 3.84. The van der Waals surface area contributed by atoms with Crippen LogP contribution in [0.25, 0.3) is 0 Å². The molecule has 114 valence electrons. The molecule has 0 saturated heterocycles. The van der Waals surface area contributed by atoms with Crippen molar-refractivity contribution in [3.63, 3.8) is 0 Å². The molecule has 0 bridgehead atoms. The summed E-state index contributed by atoms with van der Waals surface area (Å²) in [5, 5.41) is 3.43. The zero-order valence-corrected chi connectivity index (χ0v) is 13.9. The number of benzene rings is 2. The summed E-state index contributed by atoms with van der Waals surface area (Å²) in [6.45, 7) is 0.